The zero-order valence-electron chi connectivity index (χ0n) is 4.67. The van der Waals surface area contributed by atoms with E-state index in [-0.39, 0.29) is 6.04 Å². The molecule has 0 aromatic rings. The third kappa shape index (κ3) is 1.10. The van der Waals surface area contributed by atoms with Crippen LogP contribution in [0.25, 0.3) is 0 Å². The van der Waals surface area contributed by atoms with Crippen LogP contribution in [-0.2, 0) is 0 Å². The predicted octanol–water partition coefficient (Wildman–Crippen LogP) is 0.116. The molecule has 0 spiro atoms. The molecular formula is C6H10N2. The van der Waals surface area contributed by atoms with Crippen LogP contribution in [0.5, 0.6) is 0 Å². The maximum atomic E-state index is 5.52. The number of hydrogen-bond acceptors (Lipinski definition) is 2. The van der Waals surface area contributed by atoms with Crippen LogP contribution < -0.4 is 11.5 Å². The summed E-state index contributed by atoms with van der Waals surface area (Å²) in [5.41, 5.74) is 11.7. The molecule has 8 heavy (non-hydrogen) atoms. The molecule has 0 bridgehead atoms. The van der Waals surface area contributed by atoms with E-state index in [1.54, 1.807) is 0 Å². The largest absolute Gasteiger partial charge is 0.399 e. The molecule has 0 fully saturated rings. The highest BCUT2D eigenvalue weighted by atomic mass is 14.6. The lowest BCUT2D eigenvalue weighted by Gasteiger charge is -2.07. The first-order valence-electron chi connectivity index (χ1n) is 2.68. The highest BCUT2D eigenvalue weighted by Gasteiger charge is 1.98. The van der Waals surface area contributed by atoms with Gasteiger partial charge in [-0.25, -0.2) is 0 Å². The molecular weight excluding hydrogens is 100 g/mol. The fourth-order valence-electron chi connectivity index (χ4n) is 0.732. The van der Waals surface area contributed by atoms with Crippen LogP contribution in [-0.4, -0.2) is 6.04 Å². The summed E-state index contributed by atoms with van der Waals surface area (Å²) in [6.07, 6.45) is 6.64. The summed E-state index contributed by atoms with van der Waals surface area (Å²) in [5, 5.41) is 0. The molecule has 0 aromatic heterocycles. The first-order valence-corrected chi connectivity index (χ1v) is 2.68. The Balaban J connectivity index is 2.63. The van der Waals surface area contributed by atoms with Gasteiger partial charge in [-0.15, -0.1) is 0 Å². The number of nitrogens with two attached hydrogens (primary N) is 2. The van der Waals surface area contributed by atoms with Gasteiger partial charge in [0.15, 0.2) is 0 Å². The van der Waals surface area contributed by atoms with Crippen LogP contribution in [0, 0.1) is 0 Å². The second-order valence-corrected chi connectivity index (χ2v) is 1.97. The third-order valence-electron chi connectivity index (χ3n) is 1.13. The molecule has 44 valence electrons. The Kier molecular flexibility index (Phi) is 1.35. The summed E-state index contributed by atoms with van der Waals surface area (Å²) in [6, 6.07) is 0.139. The Morgan fingerprint density at radius 1 is 1.62 bits per heavy atom. The van der Waals surface area contributed by atoms with Gasteiger partial charge in [-0.3, -0.25) is 0 Å². The molecule has 0 amide bonds. The van der Waals surface area contributed by atoms with Crippen LogP contribution >= 0.6 is 0 Å². The maximum Gasteiger partial charge on any atom is 0.0285 e. The molecule has 1 aliphatic carbocycles. The van der Waals surface area contributed by atoms with Crippen molar-refractivity contribution in [3.05, 3.63) is 23.9 Å². The van der Waals surface area contributed by atoms with Gasteiger partial charge >= 0.3 is 0 Å². The van der Waals surface area contributed by atoms with Gasteiger partial charge in [0, 0.05) is 11.7 Å². The lowest BCUT2D eigenvalue weighted by Crippen LogP contribution is -2.19. The van der Waals surface area contributed by atoms with E-state index in [0.717, 1.165) is 12.1 Å². The monoisotopic (exact) mass is 110 g/mol. The van der Waals surface area contributed by atoms with E-state index in [1.165, 1.54) is 0 Å². The minimum atomic E-state index is 0.139. The van der Waals surface area contributed by atoms with Gasteiger partial charge in [0.2, 0.25) is 0 Å². The molecule has 1 aliphatic rings. The van der Waals surface area contributed by atoms with Crippen molar-refractivity contribution in [3.63, 3.8) is 0 Å². The van der Waals surface area contributed by atoms with Gasteiger partial charge in [-0.2, -0.15) is 0 Å². The average molecular weight is 110 g/mol. The Hall–Kier alpha value is -0.760. The van der Waals surface area contributed by atoms with E-state index in [0.29, 0.717) is 0 Å². The molecule has 4 N–H and O–H groups in total. The van der Waals surface area contributed by atoms with Gasteiger partial charge in [-0.1, -0.05) is 6.08 Å². The fourth-order valence-corrected chi connectivity index (χ4v) is 0.732. The molecule has 1 atom stereocenters. The zero-order valence-corrected chi connectivity index (χ0v) is 4.67. The smallest absolute Gasteiger partial charge is 0.0285 e. The van der Waals surface area contributed by atoms with E-state index in [4.69, 9.17) is 11.5 Å². The number of rotatable bonds is 0. The van der Waals surface area contributed by atoms with Crippen LogP contribution in [0.15, 0.2) is 23.9 Å². The van der Waals surface area contributed by atoms with Crippen molar-refractivity contribution in [2.24, 2.45) is 11.5 Å². The van der Waals surface area contributed by atoms with Gasteiger partial charge < -0.3 is 11.5 Å². The molecule has 2 heteroatoms. The van der Waals surface area contributed by atoms with Crippen molar-refractivity contribution >= 4 is 0 Å². The molecule has 0 saturated heterocycles. The average Bonchev–Trinajstić information content (AvgIpc) is 1.64. The van der Waals surface area contributed by atoms with Crippen molar-refractivity contribution in [3.8, 4) is 0 Å². The first-order chi connectivity index (χ1) is 3.79. The summed E-state index contributed by atoms with van der Waals surface area (Å²) < 4.78 is 0. The van der Waals surface area contributed by atoms with E-state index in [2.05, 4.69) is 0 Å². The Bertz CT molecular complexity index is 135. The van der Waals surface area contributed by atoms with Crippen molar-refractivity contribution in [1.29, 1.82) is 0 Å². The molecule has 0 aromatic carbocycles. The summed E-state index contributed by atoms with van der Waals surface area (Å²) in [7, 11) is 0. The minimum absolute atomic E-state index is 0.139. The zero-order chi connectivity index (χ0) is 5.98. The second-order valence-electron chi connectivity index (χ2n) is 1.97. The van der Waals surface area contributed by atoms with Crippen molar-refractivity contribution in [2.75, 3.05) is 0 Å². The van der Waals surface area contributed by atoms with Crippen LogP contribution in [0.1, 0.15) is 6.42 Å². The molecule has 0 aliphatic heterocycles. The van der Waals surface area contributed by atoms with Gasteiger partial charge in [0.25, 0.3) is 0 Å². The molecule has 2 nitrogen and oxygen atoms in total. The number of allylic oxidation sites excluding steroid dienone is 1. The lowest BCUT2D eigenvalue weighted by atomic mass is 10.1. The molecule has 1 unspecified atom stereocenters. The summed E-state index contributed by atoms with van der Waals surface area (Å²) in [5.74, 6) is 0. The van der Waals surface area contributed by atoms with Gasteiger partial charge in [-0.05, 0) is 18.6 Å². The quantitative estimate of drug-likeness (QED) is 0.465. The molecule has 0 saturated carbocycles. The molecule has 0 heterocycles. The van der Waals surface area contributed by atoms with Crippen LogP contribution in [0.3, 0.4) is 0 Å². The number of hydrogen-bond donors (Lipinski definition) is 2. The SMILES string of the molecule is NC1=CC(N)CC=C1. The normalized spacial score (nSPS) is 27.6. The van der Waals surface area contributed by atoms with Crippen LogP contribution in [0.2, 0.25) is 0 Å². The molecule has 1 rings (SSSR count). The van der Waals surface area contributed by atoms with E-state index in [9.17, 15) is 0 Å². The van der Waals surface area contributed by atoms with Crippen LogP contribution in [0.4, 0.5) is 0 Å². The highest BCUT2D eigenvalue weighted by molar-refractivity contribution is 5.21. The Morgan fingerprint density at radius 2 is 2.38 bits per heavy atom. The third-order valence-corrected chi connectivity index (χ3v) is 1.13. The Morgan fingerprint density at radius 3 is 2.75 bits per heavy atom. The van der Waals surface area contributed by atoms with Crippen molar-refractivity contribution in [1.82, 2.24) is 0 Å². The van der Waals surface area contributed by atoms with Gasteiger partial charge in [0.05, 0.1) is 0 Å². The van der Waals surface area contributed by atoms with E-state index >= 15 is 0 Å². The topological polar surface area (TPSA) is 52.0 Å². The maximum absolute atomic E-state index is 5.52. The summed E-state index contributed by atoms with van der Waals surface area (Å²) in [4.78, 5) is 0. The Labute approximate surface area is 48.9 Å². The van der Waals surface area contributed by atoms with Gasteiger partial charge in [0.1, 0.15) is 0 Å². The first kappa shape index (κ1) is 5.38. The van der Waals surface area contributed by atoms with Crippen molar-refractivity contribution in [2.45, 2.75) is 12.5 Å². The standard InChI is InChI=1S/C6H10N2/c7-5-2-1-3-6(8)4-5/h1-2,4,6H,3,7-8H2. The fraction of sp³-hybridized carbons (Fsp3) is 0.333. The summed E-state index contributed by atoms with van der Waals surface area (Å²) >= 11 is 0. The second kappa shape index (κ2) is 2.01. The molecule has 0 radical (unpaired) electrons. The van der Waals surface area contributed by atoms with Crippen molar-refractivity contribution < 1.29 is 0 Å². The van der Waals surface area contributed by atoms with E-state index < -0.39 is 0 Å². The summed E-state index contributed by atoms with van der Waals surface area (Å²) in [6.45, 7) is 0. The highest BCUT2D eigenvalue weighted by Crippen LogP contribution is 2.02. The van der Waals surface area contributed by atoms with E-state index in [1.807, 2.05) is 18.2 Å². The minimum Gasteiger partial charge on any atom is -0.399 e. The lowest BCUT2D eigenvalue weighted by molar-refractivity contribution is 0.815. The predicted molar refractivity (Wildman–Crippen MR) is 34.0 cm³/mol.